The molecule has 0 atom stereocenters. The van der Waals surface area contributed by atoms with Gasteiger partial charge in [-0.3, -0.25) is 0 Å². The van der Waals surface area contributed by atoms with E-state index in [4.69, 9.17) is 5.73 Å². The first-order valence-corrected chi connectivity index (χ1v) is 6.24. The normalized spacial score (nSPS) is 10.1. The standard InChI is InChI=1S/C9H14N2Se/c1-2-3-7-12-9-8(10)5-4-6-11-9/h4-6H,2-3,7,10H2,1H3. The maximum absolute atomic E-state index is 5.76. The van der Waals surface area contributed by atoms with Crippen LogP contribution in [-0.4, -0.2) is 19.9 Å². The zero-order valence-corrected chi connectivity index (χ0v) is 9.00. The Labute approximate surface area is 79.7 Å². The number of hydrogen-bond acceptors (Lipinski definition) is 2. The summed E-state index contributed by atoms with van der Waals surface area (Å²) in [6.45, 7) is 2.21. The van der Waals surface area contributed by atoms with Gasteiger partial charge >= 0.3 is 79.4 Å². The molecule has 0 spiro atoms. The van der Waals surface area contributed by atoms with Crippen molar-refractivity contribution in [3.63, 3.8) is 0 Å². The van der Waals surface area contributed by atoms with Crippen LogP contribution in [0.5, 0.6) is 0 Å². The van der Waals surface area contributed by atoms with Crippen molar-refractivity contribution in [2.24, 2.45) is 0 Å². The topological polar surface area (TPSA) is 38.9 Å². The predicted octanol–water partition coefficient (Wildman–Crippen LogP) is 1.21. The van der Waals surface area contributed by atoms with E-state index in [-0.39, 0.29) is 0 Å². The van der Waals surface area contributed by atoms with Gasteiger partial charge in [0.1, 0.15) is 0 Å². The summed E-state index contributed by atoms with van der Waals surface area (Å²) >= 11 is 0.474. The zero-order chi connectivity index (χ0) is 8.81. The van der Waals surface area contributed by atoms with Crippen molar-refractivity contribution in [3.8, 4) is 0 Å². The summed E-state index contributed by atoms with van der Waals surface area (Å²) in [6, 6.07) is 3.81. The Hall–Kier alpha value is -0.531. The second-order valence-corrected chi connectivity index (χ2v) is 4.87. The molecule has 0 aliphatic carbocycles. The molecule has 0 aromatic carbocycles. The molecule has 0 bridgehead atoms. The molecule has 0 unspecified atom stereocenters. The van der Waals surface area contributed by atoms with E-state index in [1.807, 2.05) is 18.3 Å². The number of anilines is 1. The molecule has 0 radical (unpaired) electrons. The van der Waals surface area contributed by atoms with Crippen LogP contribution in [0.4, 0.5) is 5.69 Å². The second kappa shape index (κ2) is 5.17. The summed E-state index contributed by atoms with van der Waals surface area (Å²) in [7, 11) is 0. The van der Waals surface area contributed by atoms with Crippen LogP contribution in [-0.2, 0) is 0 Å². The number of nitrogens with zero attached hydrogens (tertiary/aromatic N) is 1. The van der Waals surface area contributed by atoms with E-state index in [1.54, 1.807) is 0 Å². The van der Waals surface area contributed by atoms with Crippen LogP contribution >= 0.6 is 0 Å². The molecule has 1 heterocycles. The Morgan fingerprint density at radius 2 is 2.42 bits per heavy atom. The maximum atomic E-state index is 5.76. The average molecular weight is 229 g/mol. The van der Waals surface area contributed by atoms with E-state index in [9.17, 15) is 0 Å². The Bertz CT molecular complexity index is 238. The van der Waals surface area contributed by atoms with Gasteiger partial charge in [0.2, 0.25) is 0 Å². The van der Waals surface area contributed by atoms with Gasteiger partial charge in [-0.1, -0.05) is 0 Å². The molecule has 2 nitrogen and oxygen atoms in total. The summed E-state index contributed by atoms with van der Waals surface area (Å²) in [5, 5.41) is 1.25. The van der Waals surface area contributed by atoms with Gasteiger partial charge in [-0.2, -0.15) is 0 Å². The number of aromatic nitrogens is 1. The molecule has 2 N–H and O–H groups in total. The minimum absolute atomic E-state index is 0.474. The molecule has 0 aliphatic rings. The Morgan fingerprint density at radius 3 is 3.08 bits per heavy atom. The molecule has 0 saturated heterocycles. The molecule has 1 aromatic rings. The Morgan fingerprint density at radius 1 is 1.58 bits per heavy atom. The number of nitrogen functional groups attached to an aromatic ring is 1. The summed E-state index contributed by atoms with van der Waals surface area (Å²) in [5.41, 5.74) is 6.61. The van der Waals surface area contributed by atoms with Crippen molar-refractivity contribution < 1.29 is 0 Å². The SMILES string of the molecule is CCCC[Se]c1ncccc1N. The van der Waals surface area contributed by atoms with E-state index < -0.39 is 0 Å². The quantitative estimate of drug-likeness (QED) is 0.622. The van der Waals surface area contributed by atoms with Gasteiger partial charge in [0.25, 0.3) is 0 Å². The van der Waals surface area contributed by atoms with E-state index in [1.165, 1.54) is 18.2 Å². The van der Waals surface area contributed by atoms with Gasteiger partial charge in [-0.05, 0) is 0 Å². The van der Waals surface area contributed by atoms with Gasteiger partial charge in [-0.25, -0.2) is 0 Å². The fraction of sp³-hybridized carbons (Fsp3) is 0.444. The molecule has 66 valence electrons. The fourth-order valence-electron chi connectivity index (χ4n) is 0.837. The first-order valence-electron chi connectivity index (χ1n) is 4.18. The van der Waals surface area contributed by atoms with Crippen molar-refractivity contribution in [3.05, 3.63) is 18.3 Å². The fourth-order valence-corrected chi connectivity index (χ4v) is 2.93. The third kappa shape index (κ3) is 2.84. The molecule has 1 aromatic heterocycles. The van der Waals surface area contributed by atoms with Crippen molar-refractivity contribution in [1.29, 1.82) is 0 Å². The van der Waals surface area contributed by atoms with E-state index >= 15 is 0 Å². The van der Waals surface area contributed by atoms with Crippen LogP contribution in [0.15, 0.2) is 18.3 Å². The molecular weight excluding hydrogens is 215 g/mol. The van der Waals surface area contributed by atoms with Crippen molar-refractivity contribution in [1.82, 2.24) is 4.98 Å². The first-order chi connectivity index (χ1) is 5.84. The number of nitrogens with two attached hydrogens (primary N) is 1. The molecule has 3 heteroatoms. The second-order valence-electron chi connectivity index (χ2n) is 2.60. The number of rotatable bonds is 4. The van der Waals surface area contributed by atoms with Crippen molar-refractivity contribution in [2.75, 3.05) is 5.73 Å². The van der Waals surface area contributed by atoms with Crippen molar-refractivity contribution in [2.45, 2.75) is 25.1 Å². The molecular formula is C9H14N2Se. The van der Waals surface area contributed by atoms with Crippen LogP contribution in [0.2, 0.25) is 5.32 Å². The molecule has 0 aliphatic heterocycles. The first kappa shape index (κ1) is 9.56. The van der Waals surface area contributed by atoms with Crippen LogP contribution < -0.4 is 10.3 Å². The van der Waals surface area contributed by atoms with Crippen LogP contribution in [0.3, 0.4) is 0 Å². The average Bonchev–Trinajstić information content (AvgIpc) is 2.09. The van der Waals surface area contributed by atoms with Gasteiger partial charge in [0, 0.05) is 0 Å². The molecule has 0 fully saturated rings. The molecule has 1 rings (SSSR count). The molecule has 12 heavy (non-hydrogen) atoms. The Balaban J connectivity index is 2.46. The Kier molecular flexibility index (Phi) is 4.12. The van der Waals surface area contributed by atoms with E-state index in [2.05, 4.69) is 11.9 Å². The summed E-state index contributed by atoms with van der Waals surface area (Å²) < 4.78 is 1.11. The summed E-state index contributed by atoms with van der Waals surface area (Å²) in [6.07, 6.45) is 4.36. The van der Waals surface area contributed by atoms with Gasteiger partial charge in [0.15, 0.2) is 0 Å². The van der Waals surface area contributed by atoms with Gasteiger partial charge in [-0.15, -0.1) is 0 Å². The number of unbranched alkanes of at least 4 members (excludes halogenated alkanes) is 1. The van der Waals surface area contributed by atoms with E-state index in [0.29, 0.717) is 15.0 Å². The minimum atomic E-state index is 0.474. The van der Waals surface area contributed by atoms with Crippen LogP contribution in [0.25, 0.3) is 0 Å². The van der Waals surface area contributed by atoms with Crippen LogP contribution in [0.1, 0.15) is 19.8 Å². The van der Waals surface area contributed by atoms with Crippen LogP contribution in [0, 0.1) is 0 Å². The molecule has 0 amide bonds. The summed E-state index contributed by atoms with van der Waals surface area (Å²) in [5.74, 6) is 0. The third-order valence-electron chi connectivity index (χ3n) is 1.54. The monoisotopic (exact) mass is 230 g/mol. The third-order valence-corrected chi connectivity index (χ3v) is 3.86. The van der Waals surface area contributed by atoms with E-state index in [0.717, 1.165) is 10.3 Å². The van der Waals surface area contributed by atoms with Crippen molar-refractivity contribution >= 4 is 25.2 Å². The predicted molar refractivity (Wildman–Crippen MR) is 53.8 cm³/mol. The number of pyridine rings is 1. The molecule has 0 saturated carbocycles. The van der Waals surface area contributed by atoms with Gasteiger partial charge in [0.05, 0.1) is 0 Å². The number of hydrogen-bond donors (Lipinski definition) is 1. The van der Waals surface area contributed by atoms with Gasteiger partial charge < -0.3 is 0 Å². The summed E-state index contributed by atoms with van der Waals surface area (Å²) in [4.78, 5) is 4.25. The zero-order valence-electron chi connectivity index (χ0n) is 7.29.